The number of fused-ring (bicyclic) bond motifs is 3. The molecule has 4 aromatic carbocycles. The van der Waals surface area contributed by atoms with Gasteiger partial charge in [0.05, 0.1) is 40.5 Å². The van der Waals surface area contributed by atoms with Crippen molar-refractivity contribution in [3.05, 3.63) is 124 Å². The number of rotatable bonds is 14. The second-order valence-corrected chi connectivity index (χ2v) is 22.7. The van der Waals surface area contributed by atoms with Gasteiger partial charge in [0, 0.05) is 48.8 Å². The molecule has 0 saturated carbocycles. The lowest BCUT2D eigenvalue weighted by Crippen LogP contribution is -2.42. The van der Waals surface area contributed by atoms with Gasteiger partial charge in [0.1, 0.15) is 11.6 Å². The van der Waals surface area contributed by atoms with Crippen LogP contribution in [0.1, 0.15) is 121 Å². The number of ether oxygens (including phenoxy) is 1. The van der Waals surface area contributed by atoms with Crippen LogP contribution in [0.2, 0.25) is 0 Å². The number of carboxylic acids is 1. The number of para-hydroxylation sites is 1. The molecule has 0 spiro atoms. The Morgan fingerprint density at radius 1 is 0.933 bits per heavy atom. The standard InChI is InChI=1S/C58H63N9O7S/c1-34-37(50-42(57(2,3)4)31-47(61-52(50)55(72)73)67-26-22-35-12-9-14-38(41(35)32-67)53(70)63-56-60-43-15-7-8-17-46(43)75-56)13-10-16-45(34)74-29-11-23-58(5)24-27-66(28-25-58)33-49(69)59-36-18-19-39-44(30-36)65(6)64-51(39)40-20-21-48(68)62-54(40)71/h7-10,12-19,30-31,40H,11,20-29,32-33H2,1-6H3,(H,59,69)(H,72,73)(H,60,63,70)(H,62,68,71). The first kappa shape index (κ1) is 51.0. The molecule has 0 radical (unpaired) electrons. The van der Waals surface area contributed by atoms with Crippen LogP contribution in [0.3, 0.4) is 0 Å². The molecule has 17 heteroatoms. The average molecular weight is 1030 g/mol. The number of imide groups is 1. The van der Waals surface area contributed by atoms with E-state index < -0.39 is 17.3 Å². The minimum atomic E-state index is -1.12. The summed E-state index contributed by atoms with van der Waals surface area (Å²) in [6, 6.07) is 27.0. The average Bonchev–Trinajstić information content (AvgIpc) is 3.94. The van der Waals surface area contributed by atoms with Crippen molar-refractivity contribution in [1.82, 2.24) is 30.0 Å². The van der Waals surface area contributed by atoms with Crippen molar-refractivity contribution in [1.29, 1.82) is 0 Å². The van der Waals surface area contributed by atoms with Crippen LogP contribution in [-0.2, 0) is 39.8 Å². The van der Waals surface area contributed by atoms with E-state index in [0.29, 0.717) is 71.7 Å². The Morgan fingerprint density at radius 3 is 2.48 bits per heavy atom. The predicted molar refractivity (Wildman–Crippen MR) is 292 cm³/mol. The molecular weight excluding hydrogens is 967 g/mol. The molecule has 3 aliphatic heterocycles. The molecule has 7 aromatic rings. The zero-order valence-corrected chi connectivity index (χ0v) is 44.2. The van der Waals surface area contributed by atoms with Crippen LogP contribution in [0.15, 0.2) is 84.9 Å². The first-order chi connectivity index (χ1) is 35.9. The first-order valence-corrected chi connectivity index (χ1v) is 26.6. The van der Waals surface area contributed by atoms with Gasteiger partial charge in [0.2, 0.25) is 17.7 Å². The third-order valence-corrected chi connectivity index (χ3v) is 16.2. The normalized spacial score (nSPS) is 16.9. The highest BCUT2D eigenvalue weighted by Crippen LogP contribution is 2.42. The minimum Gasteiger partial charge on any atom is -0.493 e. The van der Waals surface area contributed by atoms with E-state index in [0.717, 1.165) is 87.7 Å². The number of amides is 4. The highest BCUT2D eigenvalue weighted by Gasteiger charge is 2.34. The van der Waals surface area contributed by atoms with Crippen molar-refractivity contribution in [3.8, 4) is 16.9 Å². The number of aryl methyl sites for hydroxylation is 1. The molecule has 1 unspecified atom stereocenters. The fourth-order valence-corrected chi connectivity index (χ4v) is 11.9. The van der Waals surface area contributed by atoms with E-state index in [1.54, 1.807) is 4.68 Å². The third kappa shape index (κ3) is 10.7. The Bertz CT molecular complexity index is 3370. The number of pyridine rings is 1. The molecule has 3 aliphatic rings. The Hall–Kier alpha value is -7.50. The Balaban J connectivity index is 0.763. The van der Waals surface area contributed by atoms with Gasteiger partial charge in [0.15, 0.2) is 10.8 Å². The summed E-state index contributed by atoms with van der Waals surface area (Å²) in [6.45, 7) is 13.9. The zero-order valence-electron chi connectivity index (χ0n) is 43.3. The fraction of sp³-hybridized carbons (Fsp3) is 0.379. The van der Waals surface area contributed by atoms with Crippen LogP contribution in [0.5, 0.6) is 5.75 Å². The summed E-state index contributed by atoms with van der Waals surface area (Å²) in [5.41, 5.74) is 8.01. The van der Waals surface area contributed by atoms with Crippen LogP contribution in [0.25, 0.3) is 32.2 Å². The molecule has 4 N–H and O–H groups in total. The number of nitrogens with one attached hydrogen (secondary N) is 3. The highest BCUT2D eigenvalue weighted by molar-refractivity contribution is 7.22. The number of benzene rings is 4. The lowest BCUT2D eigenvalue weighted by Gasteiger charge is -2.39. The number of carbonyl (C=O) groups is 5. The maximum atomic E-state index is 13.8. The maximum Gasteiger partial charge on any atom is 0.355 e. The van der Waals surface area contributed by atoms with Crippen molar-refractivity contribution in [2.24, 2.45) is 12.5 Å². The van der Waals surface area contributed by atoms with E-state index in [1.165, 1.54) is 11.3 Å². The van der Waals surface area contributed by atoms with Gasteiger partial charge in [-0.25, -0.2) is 14.8 Å². The molecule has 1 atom stereocenters. The SMILES string of the molecule is Cc1c(OCCCC2(C)CCN(CC(=O)Nc3ccc4c(C5CCC(=O)NC5=O)nn(C)c4c3)CC2)cccc1-c1c(C(C)(C)C)cc(N2CCc3cccc(C(=O)Nc4nc5ccccc5s4)c3C2)nc1C(=O)O. The van der Waals surface area contributed by atoms with E-state index in [4.69, 9.17) is 9.72 Å². The number of thiazole rings is 1. The molecule has 75 heavy (non-hydrogen) atoms. The van der Waals surface area contributed by atoms with Gasteiger partial charge in [-0.05, 0) is 146 Å². The Labute approximate surface area is 439 Å². The largest absolute Gasteiger partial charge is 0.493 e. The number of nitrogens with zero attached hydrogens (tertiary/aromatic N) is 6. The summed E-state index contributed by atoms with van der Waals surface area (Å²) >= 11 is 1.43. The summed E-state index contributed by atoms with van der Waals surface area (Å²) in [4.78, 5) is 78.5. The molecule has 4 amide bonds. The summed E-state index contributed by atoms with van der Waals surface area (Å²) in [7, 11) is 1.81. The Kier molecular flexibility index (Phi) is 14.1. The number of hydrogen-bond acceptors (Lipinski definition) is 12. The number of likely N-dealkylation sites (tertiary alicyclic amines) is 1. The molecular formula is C58H63N9O7S. The van der Waals surface area contributed by atoms with Gasteiger partial charge in [-0.15, -0.1) is 0 Å². The van der Waals surface area contributed by atoms with E-state index >= 15 is 0 Å². The number of carbonyl (C=O) groups excluding carboxylic acids is 4. The van der Waals surface area contributed by atoms with Gasteiger partial charge >= 0.3 is 5.97 Å². The van der Waals surface area contributed by atoms with Crippen LogP contribution in [0, 0.1) is 12.3 Å². The second-order valence-electron chi connectivity index (χ2n) is 21.6. The van der Waals surface area contributed by atoms with Crippen LogP contribution in [-0.4, -0.2) is 92.1 Å². The van der Waals surface area contributed by atoms with Crippen LogP contribution >= 0.6 is 11.3 Å². The van der Waals surface area contributed by atoms with Gasteiger partial charge in [0.25, 0.3) is 5.91 Å². The summed E-state index contributed by atoms with van der Waals surface area (Å²) in [5, 5.41) is 25.3. The van der Waals surface area contributed by atoms with Crippen molar-refractivity contribution in [3.63, 3.8) is 0 Å². The third-order valence-electron chi connectivity index (χ3n) is 15.3. The quantitative estimate of drug-likeness (QED) is 0.0595. The van der Waals surface area contributed by atoms with Gasteiger partial charge in [-0.3, -0.25) is 39.4 Å². The molecule has 16 nitrogen and oxygen atoms in total. The van der Waals surface area contributed by atoms with Gasteiger partial charge < -0.3 is 20.1 Å². The number of hydrogen-bond donors (Lipinski definition) is 4. The zero-order chi connectivity index (χ0) is 52.8. The summed E-state index contributed by atoms with van der Waals surface area (Å²) in [5.74, 6) is -1.32. The van der Waals surface area contributed by atoms with Crippen molar-refractivity contribution in [2.75, 3.05) is 48.3 Å². The topological polar surface area (TPSA) is 201 Å². The summed E-state index contributed by atoms with van der Waals surface area (Å²) < 4.78 is 9.19. The smallest absolute Gasteiger partial charge is 0.355 e. The molecule has 2 fully saturated rings. The highest BCUT2D eigenvalue weighted by atomic mass is 32.1. The summed E-state index contributed by atoms with van der Waals surface area (Å²) in [6.07, 6.45) is 5.02. The number of carboxylic acid groups (broad SMARTS) is 1. The van der Waals surface area contributed by atoms with Gasteiger partial charge in [-0.2, -0.15) is 5.10 Å². The van der Waals surface area contributed by atoms with Crippen LogP contribution in [0.4, 0.5) is 16.6 Å². The lowest BCUT2D eigenvalue weighted by atomic mass is 9.77. The Morgan fingerprint density at radius 2 is 1.72 bits per heavy atom. The lowest BCUT2D eigenvalue weighted by molar-refractivity contribution is -0.134. The van der Waals surface area contributed by atoms with Crippen LogP contribution < -0.4 is 25.6 Å². The number of piperidine rings is 2. The minimum absolute atomic E-state index is 0.0321. The molecule has 0 aliphatic carbocycles. The van der Waals surface area contributed by atoms with E-state index in [1.807, 2.05) is 98.9 Å². The fourth-order valence-electron chi connectivity index (χ4n) is 11.0. The number of aromatic nitrogens is 4. The van der Waals surface area contributed by atoms with Gasteiger partial charge in [-0.1, -0.05) is 75.4 Å². The second kappa shape index (κ2) is 20.7. The number of anilines is 3. The molecule has 388 valence electrons. The van der Waals surface area contributed by atoms with Crippen molar-refractivity contribution < 1.29 is 33.8 Å². The maximum absolute atomic E-state index is 13.8. The van der Waals surface area contributed by atoms with E-state index in [2.05, 4.69) is 63.5 Å². The number of aromatic carboxylic acids is 1. The van der Waals surface area contributed by atoms with E-state index in [9.17, 15) is 29.1 Å². The molecule has 10 rings (SSSR count). The van der Waals surface area contributed by atoms with Crippen molar-refractivity contribution in [2.45, 2.75) is 97.4 Å². The molecule has 0 bridgehead atoms. The first-order valence-electron chi connectivity index (χ1n) is 25.8. The predicted octanol–water partition coefficient (Wildman–Crippen LogP) is 9.78. The monoisotopic (exact) mass is 1030 g/mol. The van der Waals surface area contributed by atoms with E-state index in [-0.39, 0.29) is 47.7 Å². The molecule has 2 saturated heterocycles. The molecule has 6 heterocycles. The molecule has 3 aromatic heterocycles. The van der Waals surface area contributed by atoms with Crippen molar-refractivity contribution >= 4 is 78.7 Å².